The van der Waals surface area contributed by atoms with Gasteiger partial charge in [-0.15, -0.1) is 0 Å². The molecule has 0 saturated heterocycles. The Morgan fingerprint density at radius 1 is 1.55 bits per heavy atom. The van der Waals surface area contributed by atoms with Crippen LogP contribution < -0.4 is 11.1 Å². The summed E-state index contributed by atoms with van der Waals surface area (Å²) in [4.78, 5) is 8.74. The van der Waals surface area contributed by atoms with Gasteiger partial charge >= 0.3 is 0 Å². The number of methoxy groups -OCH3 is 1. The fourth-order valence-electron chi connectivity index (χ4n) is 1.85. The van der Waals surface area contributed by atoms with Gasteiger partial charge < -0.3 is 20.2 Å². The normalized spacial score (nSPS) is 13.7. The Morgan fingerprint density at radius 2 is 2.35 bits per heavy atom. The molecule has 0 aliphatic rings. The molecule has 2 aromatic heterocycles. The van der Waals surface area contributed by atoms with Gasteiger partial charge in [0.2, 0.25) is 0 Å². The molecule has 0 spiro atoms. The lowest BCUT2D eigenvalue weighted by atomic mass is 10.4. The highest BCUT2D eigenvalue weighted by Gasteiger charge is 2.03. The first-order valence-electron chi connectivity index (χ1n) is 6.27. The van der Waals surface area contributed by atoms with Crippen molar-refractivity contribution in [1.29, 1.82) is 0 Å². The van der Waals surface area contributed by atoms with E-state index in [0.29, 0.717) is 19.1 Å². The minimum Gasteiger partial charge on any atom is -0.383 e. The van der Waals surface area contributed by atoms with E-state index in [1.54, 1.807) is 7.11 Å². The van der Waals surface area contributed by atoms with Crippen LogP contribution >= 0.6 is 15.9 Å². The van der Waals surface area contributed by atoms with E-state index in [-0.39, 0.29) is 6.04 Å². The summed E-state index contributed by atoms with van der Waals surface area (Å²) in [5, 5.41) is 3.05. The van der Waals surface area contributed by atoms with Gasteiger partial charge in [0.05, 0.1) is 18.8 Å². The predicted molar refractivity (Wildman–Crippen MR) is 82.7 cm³/mol. The summed E-state index contributed by atoms with van der Waals surface area (Å²) >= 11 is 3.43. The van der Waals surface area contributed by atoms with Crippen LogP contribution in [0.4, 0.5) is 0 Å². The molecule has 3 N–H and O–H groups in total. The molecule has 20 heavy (non-hydrogen) atoms. The van der Waals surface area contributed by atoms with Gasteiger partial charge in [-0.1, -0.05) is 0 Å². The lowest BCUT2D eigenvalue weighted by Crippen LogP contribution is -2.40. The highest BCUT2D eigenvalue weighted by atomic mass is 79.9. The van der Waals surface area contributed by atoms with Crippen molar-refractivity contribution in [2.75, 3.05) is 13.7 Å². The van der Waals surface area contributed by atoms with Gasteiger partial charge in [0.25, 0.3) is 0 Å². The van der Waals surface area contributed by atoms with Gasteiger partial charge in [-0.05, 0) is 35.0 Å². The average Bonchev–Trinajstić information content (AvgIpc) is 2.78. The zero-order valence-electron chi connectivity index (χ0n) is 11.5. The van der Waals surface area contributed by atoms with E-state index in [4.69, 9.17) is 10.5 Å². The highest BCUT2D eigenvalue weighted by Crippen LogP contribution is 2.12. The Morgan fingerprint density at radius 3 is 3.10 bits per heavy atom. The molecular weight excluding hydrogens is 322 g/mol. The molecule has 1 unspecified atom stereocenters. The largest absolute Gasteiger partial charge is 0.383 e. The zero-order chi connectivity index (χ0) is 14.5. The molecule has 0 radical (unpaired) electrons. The molecular formula is C13H18BrN5O. The van der Waals surface area contributed by atoms with Crippen molar-refractivity contribution >= 4 is 27.5 Å². The quantitative estimate of drug-likeness (QED) is 0.639. The van der Waals surface area contributed by atoms with Crippen LogP contribution in [0.2, 0.25) is 0 Å². The second-order valence-electron chi connectivity index (χ2n) is 4.55. The number of halogens is 1. The minimum absolute atomic E-state index is 0.126. The Balaban J connectivity index is 2.01. The summed E-state index contributed by atoms with van der Waals surface area (Å²) in [6, 6.07) is 4.03. The third-order valence-electron chi connectivity index (χ3n) is 2.69. The SMILES string of the molecule is COCC(C)NC(N)=NCc1cn2cc(Br)ccc2n1. The monoisotopic (exact) mass is 339 g/mol. The Bertz CT molecular complexity index is 610. The van der Waals surface area contributed by atoms with Crippen molar-refractivity contribution in [2.45, 2.75) is 19.5 Å². The molecule has 1 atom stereocenters. The molecule has 0 aliphatic carbocycles. The van der Waals surface area contributed by atoms with Crippen LogP contribution in [0.3, 0.4) is 0 Å². The van der Waals surface area contributed by atoms with Crippen LogP contribution in [0, 0.1) is 0 Å². The van der Waals surface area contributed by atoms with E-state index in [1.165, 1.54) is 0 Å². The number of nitrogens with one attached hydrogen (secondary N) is 1. The topological polar surface area (TPSA) is 76.9 Å². The number of guanidine groups is 1. The van der Waals surface area contributed by atoms with E-state index >= 15 is 0 Å². The lowest BCUT2D eigenvalue weighted by molar-refractivity contribution is 0.179. The Hall–Kier alpha value is -1.60. The third-order valence-corrected chi connectivity index (χ3v) is 3.16. The first-order valence-corrected chi connectivity index (χ1v) is 7.06. The maximum absolute atomic E-state index is 5.81. The second-order valence-corrected chi connectivity index (χ2v) is 5.46. The summed E-state index contributed by atoms with van der Waals surface area (Å²) in [6.45, 7) is 3.00. The first kappa shape index (κ1) is 14.8. The summed E-state index contributed by atoms with van der Waals surface area (Å²) in [7, 11) is 1.65. The van der Waals surface area contributed by atoms with E-state index in [0.717, 1.165) is 15.8 Å². The van der Waals surface area contributed by atoms with Crippen LogP contribution in [-0.4, -0.2) is 35.1 Å². The van der Waals surface area contributed by atoms with Crippen LogP contribution in [0.25, 0.3) is 5.65 Å². The summed E-state index contributed by atoms with van der Waals surface area (Å²) in [6.07, 6.45) is 3.90. The maximum Gasteiger partial charge on any atom is 0.189 e. The molecule has 0 fully saturated rings. The molecule has 2 rings (SSSR count). The standard InChI is InChI=1S/C13H18BrN5O/c1-9(8-20-2)17-13(15)16-5-11-7-19-6-10(14)3-4-12(19)18-11/h3-4,6-7,9H,5,8H2,1-2H3,(H3,15,16,17). The van der Waals surface area contributed by atoms with Crippen LogP contribution in [0.1, 0.15) is 12.6 Å². The number of nitrogens with two attached hydrogens (primary N) is 1. The van der Waals surface area contributed by atoms with Crippen molar-refractivity contribution in [2.24, 2.45) is 10.7 Å². The number of nitrogens with zero attached hydrogens (tertiary/aromatic N) is 3. The van der Waals surface area contributed by atoms with Gasteiger partial charge in [0.1, 0.15) is 5.65 Å². The van der Waals surface area contributed by atoms with Gasteiger partial charge in [-0.3, -0.25) is 0 Å². The first-order chi connectivity index (χ1) is 9.58. The highest BCUT2D eigenvalue weighted by molar-refractivity contribution is 9.10. The molecule has 0 aliphatic heterocycles. The van der Waals surface area contributed by atoms with Crippen LogP contribution in [-0.2, 0) is 11.3 Å². The second kappa shape index (κ2) is 6.71. The molecule has 0 amide bonds. The number of hydrogen-bond donors (Lipinski definition) is 2. The molecule has 2 aromatic rings. The Kier molecular flexibility index (Phi) is 4.97. The number of hydrogen-bond acceptors (Lipinski definition) is 3. The molecule has 0 aromatic carbocycles. The molecule has 6 nitrogen and oxygen atoms in total. The van der Waals surface area contributed by atoms with E-state index in [9.17, 15) is 0 Å². The third kappa shape index (κ3) is 3.94. The number of ether oxygens (including phenoxy) is 1. The summed E-state index contributed by atoms with van der Waals surface area (Å²) in [5.41, 5.74) is 7.57. The fraction of sp³-hybridized carbons (Fsp3) is 0.385. The van der Waals surface area contributed by atoms with Crippen molar-refractivity contribution < 1.29 is 4.74 Å². The maximum atomic E-state index is 5.81. The van der Waals surface area contributed by atoms with Crippen molar-refractivity contribution in [3.8, 4) is 0 Å². The minimum atomic E-state index is 0.126. The van der Waals surface area contributed by atoms with Crippen molar-refractivity contribution in [3.63, 3.8) is 0 Å². The summed E-state index contributed by atoms with van der Waals surface area (Å²) < 4.78 is 7.98. The van der Waals surface area contributed by atoms with Gasteiger partial charge in [0, 0.05) is 30.0 Å². The number of aliphatic imine (C=N–C) groups is 1. The molecule has 0 saturated carbocycles. The molecule has 7 heteroatoms. The van der Waals surface area contributed by atoms with Gasteiger partial charge in [0.15, 0.2) is 5.96 Å². The number of aromatic nitrogens is 2. The number of imidazole rings is 1. The summed E-state index contributed by atoms with van der Waals surface area (Å²) in [5.74, 6) is 0.396. The van der Waals surface area contributed by atoms with Gasteiger partial charge in [-0.2, -0.15) is 0 Å². The number of rotatable bonds is 5. The zero-order valence-corrected chi connectivity index (χ0v) is 13.1. The van der Waals surface area contributed by atoms with Crippen LogP contribution in [0.15, 0.2) is 34.0 Å². The Labute approximate surface area is 126 Å². The fourth-order valence-corrected chi connectivity index (χ4v) is 2.20. The van der Waals surface area contributed by atoms with E-state index < -0.39 is 0 Å². The predicted octanol–water partition coefficient (Wildman–Crippen LogP) is 1.54. The molecule has 2 heterocycles. The van der Waals surface area contributed by atoms with Crippen LogP contribution in [0.5, 0.6) is 0 Å². The van der Waals surface area contributed by atoms with E-state index in [1.807, 2.05) is 35.9 Å². The molecule has 108 valence electrons. The number of pyridine rings is 1. The van der Waals surface area contributed by atoms with Crippen molar-refractivity contribution in [3.05, 3.63) is 34.7 Å². The van der Waals surface area contributed by atoms with Gasteiger partial charge in [-0.25, -0.2) is 9.98 Å². The smallest absolute Gasteiger partial charge is 0.189 e. The lowest BCUT2D eigenvalue weighted by Gasteiger charge is -2.12. The molecule has 0 bridgehead atoms. The number of fused-ring (bicyclic) bond motifs is 1. The van der Waals surface area contributed by atoms with Crippen molar-refractivity contribution in [1.82, 2.24) is 14.7 Å². The van der Waals surface area contributed by atoms with E-state index in [2.05, 4.69) is 31.2 Å². The average molecular weight is 340 g/mol.